The Morgan fingerprint density at radius 1 is 0.233 bits per heavy atom. The predicted molar refractivity (Wildman–Crippen MR) is 114 cm³/mol. The van der Waals surface area contributed by atoms with Crippen LogP contribution in [0.3, 0.4) is 0 Å². The molecule has 0 unspecified atom stereocenters. The summed E-state index contributed by atoms with van der Waals surface area (Å²) in [4.78, 5) is 8.10. The summed E-state index contributed by atoms with van der Waals surface area (Å²) in [6.07, 6.45) is 0. The third-order valence-corrected chi connectivity index (χ3v) is 2.08. The summed E-state index contributed by atoms with van der Waals surface area (Å²) >= 11 is 6.12. The molecule has 0 saturated heterocycles. The van der Waals surface area contributed by atoms with Crippen LogP contribution in [0.25, 0.3) is 0 Å². The summed E-state index contributed by atoms with van der Waals surface area (Å²) in [5, 5.41) is 170. The third kappa shape index (κ3) is 48.5. The van der Waals surface area contributed by atoms with E-state index in [-0.39, 0.29) is 5.34 Å². The lowest BCUT2D eigenvalue weighted by Crippen LogP contribution is -2.19. The van der Waals surface area contributed by atoms with Gasteiger partial charge in [0.05, 0.1) is 5.34 Å². The second-order valence-electron chi connectivity index (χ2n) is 4.58. The average Bonchev–Trinajstić information content (AvgIpc) is 3.26. The van der Waals surface area contributed by atoms with Crippen molar-refractivity contribution in [2.45, 2.75) is 0 Å². The van der Waals surface area contributed by atoms with E-state index < -0.39 is 0 Å². The Balaban J connectivity index is 4.41. The number of nitrogens with zero attached hydrogens (tertiary/aromatic N) is 24. The van der Waals surface area contributed by atoms with Gasteiger partial charge in [-0.3, -0.25) is 0 Å². The molecule has 338 valence electrons. The highest BCUT2D eigenvalue weighted by Gasteiger charge is 2.10. The lowest BCUT2D eigenvalue weighted by atomic mass is 12.3. The van der Waals surface area contributed by atoms with Gasteiger partial charge in [0.15, 0.2) is 0 Å². The molecular weight excluding hydrogens is 942 g/mol. The van der Waals surface area contributed by atoms with Gasteiger partial charge in [0.25, 0.3) is 0 Å². The van der Waals surface area contributed by atoms with Crippen LogP contribution >= 0.6 is 25.8 Å². The van der Waals surface area contributed by atoms with Crippen molar-refractivity contribution >= 4 is 25.8 Å². The summed E-state index contributed by atoms with van der Waals surface area (Å²) in [6, 6.07) is 0. The fraction of sp³-hybridized carbons (Fsp3) is 0. The quantitative estimate of drug-likeness (QED) is 0.0197. The maximum absolute atomic E-state index is 6.26. The van der Waals surface area contributed by atoms with Gasteiger partial charge in [-0.15, -0.1) is 8.67 Å². The molecule has 1 N–H and O–H groups in total. The summed E-state index contributed by atoms with van der Waals surface area (Å²) in [7, 11) is 0. The van der Waals surface area contributed by atoms with Gasteiger partial charge in [-0.2, -0.15) is 5.53 Å². The first-order valence-electron chi connectivity index (χ1n) is 10.7. The van der Waals surface area contributed by atoms with E-state index in [0.717, 1.165) is 0 Å². The lowest BCUT2D eigenvalue weighted by molar-refractivity contribution is -0.893. The largest absolute Gasteiger partial charge is 0.183 e. The van der Waals surface area contributed by atoms with Crippen molar-refractivity contribution < 1.29 is 165 Å². The molecule has 60 heavy (non-hydrogen) atoms. The van der Waals surface area contributed by atoms with Crippen molar-refractivity contribution in [1.29, 1.82) is 5.53 Å². The second-order valence-corrected chi connectivity index (χ2v) is 4.88. The van der Waals surface area contributed by atoms with Gasteiger partial charge in [0, 0.05) is 104 Å². The van der Waals surface area contributed by atoms with E-state index in [1.54, 1.807) is 0 Å². The van der Waals surface area contributed by atoms with Gasteiger partial charge in [-0.1, -0.05) is 0 Å². The highest BCUT2D eigenvalue weighted by Crippen LogP contribution is 2.02. The molecule has 0 heterocycles. The Hall–Kier alpha value is -5.62. The zero-order valence-electron chi connectivity index (χ0n) is 25.6. The van der Waals surface area contributed by atoms with Gasteiger partial charge < -0.3 is 0 Å². The van der Waals surface area contributed by atoms with Crippen LogP contribution in [0.1, 0.15) is 0 Å². The van der Waals surface area contributed by atoms with Crippen LogP contribution in [0.5, 0.6) is 0 Å². The Kier molecular flexibility index (Phi) is 46.6. The molecule has 0 aromatic heterocycles. The first-order valence-corrected chi connectivity index (χ1v) is 11.5. The van der Waals surface area contributed by atoms with Crippen LogP contribution in [-0.4, -0.2) is 5.34 Å². The molecule has 0 amide bonds. The standard InChI is InChI=1S/H3N25O33S2/c1-2-3-4-5-6-7-8-9-10-11-12-13-14-15-16-17-18-19-20-21-22-23-24-25(27-29-31-33-35-37-39-41-43-45-47-49-51-53-55-57-59)26-28-30-32-34-36-38-40-42-44-46-48-50-52-54-56-58-60/h1,59-60H/b2-1?,4-3+,6-5+,8-7+,10-9+,12-11+,14-13+,16-15+,18-17+,20-19+,22-21+,24-23+. The third-order valence-electron chi connectivity index (χ3n) is 1.96. The van der Waals surface area contributed by atoms with Crippen molar-refractivity contribution in [1.82, 2.24) is 5.34 Å². The Morgan fingerprint density at radius 2 is 0.417 bits per heavy atom. The Bertz CT molecular complexity index is 1260. The van der Waals surface area contributed by atoms with E-state index in [1.807, 2.05) is 0 Å². The monoisotopic (exact) mass is 945 g/mol. The lowest BCUT2D eigenvalue weighted by Gasteiger charge is -2.07. The van der Waals surface area contributed by atoms with E-state index in [9.17, 15) is 0 Å². The maximum Gasteiger partial charge on any atom is 0.0559 e. The van der Waals surface area contributed by atoms with Crippen molar-refractivity contribution in [2.75, 3.05) is 0 Å². The molecule has 0 aliphatic heterocycles. The first kappa shape index (κ1) is 54.4. The number of rotatable bonds is 45. The predicted octanol–water partition coefficient (Wildman–Crippen LogP) is 2.71. The zero-order chi connectivity index (χ0) is 43.2. The SMILES string of the molecule is N=N/N=N/N=N/N=N/N=N/N=N/N=N/N=N/N=N/N=N/N=N/N=N/N(OOOOOOOOOOOOOOOOS)OOOOOOOOOOOOOOOOOS. The molecule has 0 spiro atoms. The van der Waals surface area contributed by atoms with Crippen LogP contribution in [0, 0.1) is 5.53 Å². The number of hydrogen-bond donors (Lipinski definition) is 3. The van der Waals surface area contributed by atoms with Crippen LogP contribution in [-0.2, 0) is 165 Å². The molecule has 0 fully saturated rings. The highest BCUT2D eigenvalue weighted by molar-refractivity contribution is 7.75. The fourth-order valence-corrected chi connectivity index (χ4v) is 0.888. The molecular formula is H3N25O33S2. The number of nitrogens with one attached hydrogen (secondary N) is 1. The second kappa shape index (κ2) is 51.4. The average molecular weight is 945 g/mol. The molecule has 0 rings (SSSR count). The Labute approximate surface area is 322 Å². The normalized spacial score (nSPS) is 13.0. The van der Waals surface area contributed by atoms with Gasteiger partial charge >= 0.3 is 0 Å². The van der Waals surface area contributed by atoms with Crippen molar-refractivity contribution in [3.05, 3.63) is 0 Å². The first-order chi connectivity index (χ1) is 29.8. The molecule has 0 atom stereocenters. The highest BCUT2D eigenvalue weighted by atomic mass is 32.1. The molecule has 0 saturated carbocycles. The summed E-state index contributed by atoms with van der Waals surface area (Å²) < 4.78 is 7.18. The van der Waals surface area contributed by atoms with Gasteiger partial charge in [-0.25, -0.2) is 0 Å². The van der Waals surface area contributed by atoms with E-state index in [4.69, 9.17) is 5.53 Å². The number of thiol groups is 2. The summed E-state index contributed by atoms with van der Waals surface area (Å²) in [5.74, 6) is 0. The minimum Gasteiger partial charge on any atom is -0.183 e. The van der Waals surface area contributed by atoms with Crippen LogP contribution in [0.15, 0.2) is 120 Å². The molecule has 0 aromatic rings. The molecule has 0 bridgehead atoms. The minimum absolute atomic E-state index is 0.384. The fourth-order valence-electron chi connectivity index (χ4n) is 0.838. The van der Waals surface area contributed by atoms with Crippen molar-refractivity contribution in [2.24, 2.45) is 120 Å². The summed E-state index contributed by atoms with van der Waals surface area (Å²) in [5.41, 5.74) is 6.26. The van der Waals surface area contributed by atoms with Crippen molar-refractivity contribution in [3.8, 4) is 0 Å². The van der Waals surface area contributed by atoms with Crippen LogP contribution in [0.2, 0.25) is 0 Å². The molecule has 60 heteroatoms. The molecule has 0 radical (unpaired) electrons. The van der Waals surface area contributed by atoms with Crippen molar-refractivity contribution in [3.63, 3.8) is 0 Å². The molecule has 0 aliphatic rings. The van der Waals surface area contributed by atoms with E-state index >= 15 is 0 Å². The van der Waals surface area contributed by atoms with E-state index in [0.29, 0.717) is 0 Å². The topological polar surface area (TPSA) is 616 Å². The molecule has 0 aromatic carbocycles. The van der Waals surface area contributed by atoms with Crippen LogP contribution < -0.4 is 0 Å². The molecule has 58 nitrogen and oxygen atoms in total. The zero-order valence-corrected chi connectivity index (χ0v) is 27.4. The molecule has 0 aliphatic carbocycles. The minimum atomic E-state index is -0.384. The van der Waals surface area contributed by atoms with E-state index in [1.165, 1.54) is 0 Å². The Morgan fingerprint density at radius 3 is 0.633 bits per heavy atom. The van der Waals surface area contributed by atoms with Gasteiger partial charge in [0.2, 0.25) is 0 Å². The van der Waals surface area contributed by atoms with Gasteiger partial charge in [0.1, 0.15) is 0 Å². The van der Waals surface area contributed by atoms with Gasteiger partial charge in [-0.05, 0) is 198 Å². The van der Waals surface area contributed by atoms with Crippen LogP contribution in [0.4, 0.5) is 0 Å². The summed E-state index contributed by atoms with van der Waals surface area (Å²) in [6.45, 7) is 0. The maximum atomic E-state index is 6.26. The van der Waals surface area contributed by atoms with E-state index in [2.05, 4.69) is 311 Å². The number of hydrogen-bond acceptors (Lipinski definition) is 37. The smallest absolute Gasteiger partial charge is 0.0559 e.